The predicted octanol–water partition coefficient (Wildman–Crippen LogP) is 15.5. The van der Waals surface area contributed by atoms with Gasteiger partial charge in [0.15, 0.2) is 0 Å². The average Bonchev–Trinajstić information content (AvgIpc) is 3.83. The highest BCUT2D eigenvalue weighted by Crippen LogP contribution is 2.47. The third kappa shape index (κ3) is 5.59. The summed E-state index contributed by atoms with van der Waals surface area (Å²) in [6.07, 6.45) is 3.80. The van der Waals surface area contributed by atoms with Crippen LogP contribution in [0.3, 0.4) is 0 Å². The minimum Gasteiger partial charge on any atom is -0.310 e. The maximum Gasteiger partial charge on any atom is 0.0795 e. The van der Waals surface area contributed by atoms with Crippen LogP contribution in [0.4, 0.5) is 17.1 Å². The topological polar surface area (TPSA) is 13.1 Å². The fraction of sp³-hybridized carbons (Fsp3) is 0. The van der Waals surface area contributed by atoms with Gasteiger partial charge in [-0.1, -0.05) is 141 Å². The van der Waals surface area contributed by atoms with Gasteiger partial charge in [-0.2, -0.15) is 0 Å². The highest BCUT2D eigenvalue weighted by molar-refractivity contribution is 6.28. The maximum absolute atomic E-state index is 4.04. The van der Waals surface area contributed by atoms with Gasteiger partial charge in [0.25, 0.3) is 0 Å². The molecular formula is C56H39N3. The van der Waals surface area contributed by atoms with Gasteiger partial charge in [-0.15, -0.1) is 0 Å². The molecule has 11 aromatic rings. The van der Waals surface area contributed by atoms with E-state index in [0.29, 0.717) is 0 Å². The van der Waals surface area contributed by atoms with E-state index in [1.165, 1.54) is 65.5 Å². The van der Waals surface area contributed by atoms with Crippen molar-refractivity contribution in [3.8, 4) is 22.5 Å². The number of rotatable bonds is 8. The summed E-state index contributed by atoms with van der Waals surface area (Å²) >= 11 is 0. The Balaban J connectivity index is 1.18. The summed E-state index contributed by atoms with van der Waals surface area (Å²) in [5, 5.41) is 7.26. The van der Waals surface area contributed by atoms with Crippen LogP contribution in [-0.2, 0) is 0 Å². The minimum atomic E-state index is 1.07. The van der Waals surface area contributed by atoms with Crippen LogP contribution in [0, 0.1) is 0 Å². The molecule has 0 radical (unpaired) electrons. The highest BCUT2D eigenvalue weighted by Gasteiger charge is 2.24. The molecule has 2 heterocycles. The van der Waals surface area contributed by atoms with E-state index in [-0.39, 0.29) is 0 Å². The van der Waals surface area contributed by atoms with Crippen molar-refractivity contribution in [3.05, 3.63) is 224 Å². The van der Waals surface area contributed by atoms with Gasteiger partial charge in [0, 0.05) is 50.0 Å². The average molecular weight is 754 g/mol. The van der Waals surface area contributed by atoms with Gasteiger partial charge in [0.05, 0.1) is 22.1 Å². The monoisotopic (exact) mass is 753 g/mol. The lowest BCUT2D eigenvalue weighted by atomic mass is 9.94. The van der Waals surface area contributed by atoms with E-state index < -0.39 is 0 Å². The number of fused-ring (bicyclic) bond motifs is 8. The number of para-hydroxylation sites is 4. The van der Waals surface area contributed by atoms with Crippen LogP contribution in [0.15, 0.2) is 213 Å². The first-order chi connectivity index (χ1) is 29.2. The summed E-state index contributed by atoms with van der Waals surface area (Å²) in [4.78, 5) is 2.31. The Kier molecular flexibility index (Phi) is 8.13. The van der Waals surface area contributed by atoms with E-state index in [0.717, 1.165) is 39.6 Å². The Labute approximate surface area is 343 Å². The molecule has 9 aromatic carbocycles. The fourth-order valence-corrected chi connectivity index (χ4v) is 9.08. The van der Waals surface area contributed by atoms with Crippen molar-refractivity contribution in [2.45, 2.75) is 0 Å². The first-order valence-electron chi connectivity index (χ1n) is 20.1. The molecule has 0 atom stereocenters. The molecule has 0 unspecified atom stereocenters. The van der Waals surface area contributed by atoms with Crippen molar-refractivity contribution in [3.63, 3.8) is 0 Å². The molecule has 3 nitrogen and oxygen atoms in total. The molecule has 0 fully saturated rings. The zero-order valence-corrected chi connectivity index (χ0v) is 32.5. The van der Waals surface area contributed by atoms with Crippen LogP contribution < -0.4 is 4.90 Å². The quantitative estimate of drug-likeness (QED) is 0.151. The van der Waals surface area contributed by atoms with E-state index in [4.69, 9.17) is 0 Å². The molecular weight excluding hydrogens is 715 g/mol. The molecule has 0 aliphatic heterocycles. The lowest BCUT2D eigenvalue weighted by molar-refractivity contribution is 1.15. The number of anilines is 3. The molecule has 0 saturated carbocycles. The van der Waals surface area contributed by atoms with Crippen LogP contribution in [0.25, 0.3) is 89.0 Å². The molecule has 0 amide bonds. The Morgan fingerprint density at radius 3 is 1.56 bits per heavy atom. The van der Waals surface area contributed by atoms with Gasteiger partial charge < -0.3 is 14.0 Å². The molecule has 2 aromatic heterocycles. The highest BCUT2D eigenvalue weighted by atomic mass is 15.1. The first kappa shape index (κ1) is 34.4. The predicted molar refractivity (Wildman–Crippen MR) is 253 cm³/mol. The molecule has 0 aliphatic rings. The smallest absolute Gasteiger partial charge is 0.0795 e. The summed E-state index contributed by atoms with van der Waals surface area (Å²) < 4.78 is 4.93. The Morgan fingerprint density at radius 2 is 0.915 bits per heavy atom. The minimum absolute atomic E-state index is 1.07. The van der Waals surface area contributed by atoms with Gasteiger partial charge in [-0.05, 0) is 118 Å². The van der Waals surface area contributed by atoms with Gasteiger partial charge in [-0.3, -0.25) is 0 Å². The maximum atomic E-state index is 4.04. The van der Waals surface area contributed by atoms with Gasteiger partial charge in [0.2, 0.25) is 0 Å². The number of aromatic nitrogens is 2. The third-order valence-corrected chi connectivity index (χ3v) is 11.7. The van der Waals surface area contributed by atoms with Crippen LogP contribution in [0.5, 0.6) is 0 Å². The van der Waals surface area contributed by atoms with E-state index >= 15 is 0 Å². The van der Waals surface area contributed by atoms with Crippen molar-refractivity contribution >= 4 is 83.6 Å². The van der Waals surface area contributed by atoms with Crippen LogP contribution in [0.1, 0.15) is 11.1 Å². The summed E-state index contributed by atoms with van der Waals surface area (Å²) in [7, 11) is 0. The Morgan fingerprint density at radius 1 is 0.390 bits per heavy atom. The molecule has 0 N–H and O–H groups in total. The second-order valence-corrected chi connectivity index (χ2v) is 15.1. The van der Waals surface area contributed by atoms with E-state index in [2.05, 4.69) is 227 Å². The molecule has 0 aliphatic carbocycles. The SMILES string of the molecule is C=Cc1cccc(N(c2cccc(C=C)c2)c2ccc3cc(-c4cc5c6ccccc6n(-c6ccccc6)c5c5c4c4ccccc4n5-c4ccccc4)ccc3c2)c1. The van der Waals surface area contributed by atoms with Crippen LogP contribution >= 0.6 is 0 Å². The summed E-state index contributed by atoms with van der Waals surface area (Å²) in [6, 6.07) is 72.5. The largest absolute Gasteiger partial charge is 0.310 e. The molecule has 3 heteroatoms. The van der Waals surface area contributed by atoms with E-state index in [1.807, 2.05) is 12.2 Å². The molecule has 11 rings (SSSR count). The first-order valence-corrected chi connectivity index (χ1v) is 20.1. The van der Waals surface area contributed by atoms with Crippen molar-refractivity contribution in [1.29, 1.82) is 0 Å². The lowest BCUT2D eigenvalue weighted by Gasteiger charge is -2.26. The van der Waals surface area contributed by atoms with Crippen molar-refractivity contribution in [2.75, 3.05) is 4.90 Å². The zero-order valence-electron chi connectivity index (χ0n) is 32.5. The summed E-state index contributed by atoms with van der Waals surface area (Å²) in [5.41, 5.74) is 14.8. The van der Waals surface area contributed by atoms with Crippen LogP contribution in [0.2, 0.25) is 0 Å². The fourth-order valence-electron chi connectivity index (χ4n) is 9.08. The Hall–Kier alpha value is -7.88. The van der Waals surface area contributed by atoms with Gasteiger partial charge in [0.1, 0.15) is 0 Å². The van der Waals surface area contributed by atoms with Crippen molar-refractivity contribution in [2.24, 2.45) is 0 Å². The summed E-state index contributed by atoms with van der Waals surface area (Å²) in [6.45, 7) is 8.09. The number of benzene rings is 9. The van der Waals surface area contributed by atoms with Gasteiger partial charge >= 0.3 is 0 Å². The Bertz CT molecular complexity index is 3370. The zero-order chi connectivity index (χ0) is 39.5. The van der Waals surface area contributed by atoms with E-state index in [1.54, 1.807) is 0 Å². The second kappa shape index (κ2) is 13.9. The molecule has 0 spiro atoms. The summed E-state index contributed by atoms with van der Waals surface area (Å²) in [5.74, 6) is 0. The van der Waals surface area contributed by atoms with Crippen molar-refractivity contribution < 1.29 is 0 Å². The standard InChI is InChI=1S/C56H39N3/c1-3-38-17-15-23-45(33-38)57(46-24-16-18-39(4-2)34-46)47-32-31-40-35-42(30-29-41(40)36-47)50-37-51-48-25-11-13-27-52(48)58(43-19-7-5-8-20-43)55(51)56-54(50)49-26-12-14-28-53(49)59(56)44-21-9-6-10-22-44/h3-37H,1-2H2. The number of hydrogen-bond acceptors (Lipinski definition) is 1. The number of nitrogens with zero attached hydrogens (tertiary/aromatic N) is 3. The normalized spacial score (nSPS) is 11.5. The van der Waals surface area contributed by atoms with Gasteiger partial charge in [-0.25, -0.2) is 0 Å². The van der Waals surface area contributed by atoms with E-state index in [9.17, 15) is 0 Å². The van der Waals surface area contributed by atoms with Crippen LogP contribution in [-0.4, -0.2) is 9.13 Å². The third-order valence-electron chi connectivity index (χ3n) is 11.7. The second-order valence-electron chi connectivity index (χ2n) is 15.1. The number of hydrogen-bond donors (Lipinski definition) is 0. The van der Waals surface area contributed by atoms with Crippen molar-refractivity contribution in [1.82, 2.24) is 9.13 Å². The molecule has 0 bridgehead atoms. The lowest BCUT2D eigenvalue weighted by Crippen LogP contribution is -2.10. The molecule has 278 valence electrons. The molecule has 0 saturated heterocycles. The molecule has 59 heavy (non-hydrogen) atoms.